The summed E-state index contributed by atoms with van der Waals surface area (Å²) in [6.45, 7) is 4.82. The van der Waals surface area contributed by atoms with Crippen molar-refractivity contribution < 1.29 is 32.9 Å². The van der Waals surface area contributed by atoms with Crippen molar-refractivity contribution in [3.63, 3.8) is 0 Å². The van der Waals surface area contributed by atoms with Crippen LogP contribution in [0.25, 0.3) is 0 Å². The van der Waals surface area contributed by atoms with Crippen LogP contribution in [0.2, 0.25) is 0 Å². The van der Waals surface area contributed by atoms with Crippen molar-refractivity contribution in [2.75, 3.05) is 40.9 Å². The molecule has 0 rings (SSSR count). The Morgan fingerprint density at radius 3 is 1.13 bits per heavy atom. The standard InChI is InChI=1S/C67H127N2O6P/c1-6-8-10-12-14-16-18-20-22-24-26-28-30-31-32-33-34-35-36-37-39-41-43-45-47-49-51-53-55-57-59-61-67(71)68-65(64-75-76(72,73)74-63-62-69(3,4)5)66(70)60-58-56-54-52-50-48-46-44-42-40-38-29-27-25-23-21-19-17-15-13-11-9-7-2/h26,28,31-32,42,44,50,52,58,60,65-66,70H,6-25,27,29-30,33-41,43,45-49,51,53-57,59,61-64H2,1-5H3,(H-,68,71,72,73)/p+1/b28-26-,32-31-,44-42+,52-50+,60-58+. The maximum Gasteiger partial charge on any atom is 0.472 e. The van der Waals surface area contributed by atoms with Crippen molar-refractivity contribution in [3.8, 4) is 0 Å². The van der Waals surface area contributed by atoms with Crippen molar-refractivity contribution in [3.05, 3.63) is 60.8 Å². The number of hydrogen-bond acceptors (Lipinski definition) is 5. The molecule has 0 bridgehead atoms. The molecule has 0 aliphatic heterocycles. The smallest absolute Gasteiger partial charge is 0.387 e. The van der Waals surface area contributed by atoms with E-state index in [2.05, 4.69) is 67.8 Å². The van der Waals surface area contributed by atoms with E-state index in [0.29, 0.717) is 17.4 Å². The first-order valence-electron chi connectivity index (χ1n) is 32.7. The lowest BCUT2D eigenvalue weighted by molar-refractivity contribution is -0.870. The van der Waals surface area contributed by atoms with Gasteiger partial charge in [-0.25, -0.2) is 4.57 Å². The summed E-state index contributed by atoms with van der Waals surface area (Å²) >= 11 is 0. The van der Waals surface area contributed by atoms with Gasteiger partial charge < -0.3 is 19.8 Å². The Morgan fingerprint density at radius 2 is 0.763 bits per heavy atom. The van der Waals surface area contributed by atoms with E-state index in [-0.39, 0.29) is 19.1 Å². The number of likely N-dealkylation sites (N-methyl/N-ethyl adjacent to an activating group) is 1. The highest BCUT2D eigenvalue weighted by Gasteiger charge is 2.27. The van der Waals surface area contributed by atoms with Crippen molar-refractivity contribution in [1.29, 1.82) is 0 Å². The first kappa shape index (κ1) is 74.2. The van der Waals surface area contributed by atoms with E-state index in [1.807, 2.05) is 27.2 Å². The fourth-order valence-corrected chi connectivity index (χ4v) is 10.3. The number of phosphoric ester groups is 1. The van der Waals surface area contributed by atoms with Gasteiger partial charge in [-0.2, -0.15) is 0 Å². The molecule has 0 aromatic carbocycles. The van der Waals surface area contributed by atoms with Crippen LogP contribution in [0.1, 0.15) is 309 Å². The van der Waals surface area contributed by atoms with Gasteiger partial charge in [0.25, 0.3) is 0 Å². The van der Waals surface area contributed by atoms with Gasteiger partial charge in [0.05, 0.1) is 39.9 Å². The Kier molecular flexibility index (Phi) is 56.5. The molecule has 1 amide bonds. The SMILES string of the molecule is CCCCCCCCCCC/C=C\C/C=C\CCCCCCCCCCCCCCCCCC(=O)NC(COP(=O)(O)OCC[N+](C)(C)C)C(O)/C=C/CC/C=C/CC/C=C/CCCCCCCCCCCCCCC. The summed E-state index contributed by atoms with van der Waals surface area (Å²) in [5.74, 6) is -0.188. The van der Waals surface area contributed by atoms with Crippen LogP contribution in [-0.2, 0) is 18.4 Å². The second-order valence-corrected chi connectivity index (χ2v) is 24.9. The van der Waals surface area contributed by atoms with E-state index in [1.165, 1.54) is 238 Å². The van der Waals surface area contributed by atoms with Crippen LogP contribution < -0.4 is 5.32 Å². The van der Waals surface area contributed by atoms with Gasteiger partial charge in [-0.1, -0.05) is 286 Å². The number of phosphoric acid groups is 1. The quantitative estimate of drug-likeness (QED) is 0.0243. The Hall–Kier alpha value is -1.80. The average molecular weight is 1090 g/mol. The monoisotopic (exact) mass is 1090 g/mol. The van der Waals surface area contributed by atoms with E-state index in [9.17, 15) is 19.4 Å². The molecule has 0 aliphatic rings. The summed E-state index contributed by atoms with van der Waals surface area (Å²) in [7, 11) is 1.55. The third-order valence-electron chi connectivity index (χ3n) is 14.7. The lowest BCUT2D eigenvalue weighted by Crippen LogP contribution is -2.45. The number of allylic oxidation sites excluding steroid dienone is 9. The molecular weight excluding hydrogens is 960 g/mol. The Bertz CT molecular complexity index is 1420. The molecule has 8 nitrogen and oxygen atoms in total. The van der Waals surface area contributed by atoms with Crippen LogP contribution in [0.3, 0.4) is 0 Å². The zero-order valence-electron chi connectivity index (χ0n) is 51.0. The van der Waals surface area contributed by atoms with E-state index in [0.717, 1.165) is 51.4 Å². The van der Waals surface area contributed by atoms with Crippen LogP contribution in [0, 0.1) is 0 Å². The molecule has 0 aromatic heterocycles. The number of unbranched alkanes of at least 4 members (excludes halogenated alkanes) is 39. The molecular formula is C67H128N2O6P+. The number of aliphatic hydroxyl groups excluding tert-OH is 1. The van der Waals surface area contributed by atoms with Crippen LogP contribution >= 0.6 is 7.82 Å². The number of aliphatic hydroxyl groups is 1. The van der Waals surface area contributed by atoms with Gasteiger partial charge in [-0.3, -0.25) is 13.8 Å². The number of hydrogen-bond donors (Lipinski definition) is 3. The molecule has 0 radical (unpaired) electrons. The molecule has 0 spiro atoms. The molecule has 9 heteroatoms. The number of quaternary nitrogens is 1. The highest BCUT2D eigenvalue weighted by Crippen LogP contribution is 2.43. The van der Waals surface area contributed by atoms with E-state index in [1.54, 1.807) is 6.08 Å². The minimum absolute atomic E-state index is 0.0528. The Balaban J connectivity index is 4.16. The zero-order chi connectivity index (χ0) is 55.6. The number of carbonyl (C=O) groups excluding carboxylic acids is 1. The van der Waals surface area contributed by atoms with E-state index < -0.39 is 20.0 Å². The lowest BCUT2D eigenvalue weighted by Gasteiger charge is -2.25. The van der Waals surface area contributed by atoms with Gasteiger partial charge in [0, 0.05) is 6.42 Å². The molecule has 0 aromatic rings. The lowest BCUT2D eigenvalue weighted by atomic mass is 10.0. The summed E-state index contributed by atoms with van der Waals surface area (Å²) in [5, 5.41) is 14.0. The maximum absolute atomic E-state index is 13.0. The molecule has 76 heavy (non-hydrogen) atoms. The van der Waals surface area contributed by atoms with E-state index in [4.69, 9.17) is 9.05 Å². The Labute approximate surface area is 472 Å². The highest BCUT2D eigenvalue weighted by molar-refractivity contribution is 7.47. The molecule has 3 N–H and O–H groups in total. The molecule has 0 aliphatic carbocycles. The third kappa shape index (κ3) is 59.9. The first-order valence-corrected chi connectivity index (χ1v) is 34.2. The van der Waals surface area contributed by atoms with Crippen molar-refractivity contribution in [2.24, 2.45) is 0 Å². The minimum Gasteiger partial charge on any atom is -0.387 e. The second kappa shape index (κ2) is 57.9. The number of nitrogens with one attached hydrogen (secondary N) is 1. The number of nitrogens with zero attached hydrogens (tertiary/aromatic N) is 1. The van der Waals surface area contributed by atoms with Crippen LogP contribution in [0.5, 0.6) is 0 Å². The fourth-order valence-electron chi connectivity index (χ4n) is 9.58. The maximum atomic E-state index is 13.0. The van der Waals surface area contributed by atoms with Gasteiger partial charge in [-0.15, -0.1) is 0 Å². The number of carbonyl (C=O) groups is 1. The number of rotatable bonds is 60. The van der Waals surface area contributed by atoms with Crippen molar-refractivity contribution >= 4 is 13.7 Å². The molecule has 3 atom stereocenters. The predicted octanol–water partition coefficient (Wildman–Crippen LogP) is 20.4. The van der Waals surface area contributed by atoms with Crippen LogP contribution in [-0.4, -0.2) is 73.4 Å². The van der Waals surface area contributed by atoms with Gasteiger partial charge in [0.2, 0.25) is 5.91 Å². The average Bonchev–Trinajstić information content (AvgIpc) is 3.38. The first-order chi connectivity index (χ1) is 37.0. The topological polar surface area (TPSA) is 105 Å². The summed E-state index contributed by atoms with van der Waals surface area (Å²) in [4.78, 5) is 23.4. The molecule has 0 fully saturated rings. The highest BCUT2D eigenvalue weighted by atomic mass is 31.2. The molecule has 446 valence electrons. The normalized spacial score (nSPS) is 14.1. The summed E-state index contributed by atoms with van der Waals surface area (Å²) in [6.07, 6.45) is 79.3. The Morgan fingerprint density at radius 1 is 0.447 bits per heavy atom. The van der Waals surface area contributed by atoms with Crippen molar-refractivity contribution in [1.82, 2.24) is 5.32 Å². The molecule has 0 saturated heterocycles. The summed E-state index contributed by atoms with van der Waals surface area (Å²) in [6, 6.07) is -0.873. The second-order valence-electron chi connectivity index (χ2n) is 23.5. The van der Waals surface area contributed by atoms with Crippen LogP contribution in [0.15, 0.2) is 60.8 Å². The number of amides is 1. The van der Waals surface area contributed by atoms with E-state index >= 15 is 0 Å². The zero-order valence-corrected chi connectivity index (χ0v) is 51.9. The summed E-state index contributed by atoms with van der Waals surface area (Å²) in [5.41, 5.74) is 0. The van der Waals surface area contributed by atoms with Gasteiger partial charge >= 0.3 is 7.82 Å². The minimum atomic E-state index is -4.36. The van der Waals surface area contributed by atoms with Gasteiger partial charge in [0.1, 0.15) is 13.2 Å². The van der Waals surface area contributed by atoms with Gasteiger partial charge in [-0.05, 0) is 77.0 Å². The molecule has 0 heterocycles. The van der Waals surface area contributed by atoms with Crippen molar-refractivity contribution in [2.45, 2.75) is 321 Å². The van der Waals surface area contributed by atoms with Gasteiger partial charge in [0.15, 0.2) is 0 Å². The molecule has 3 unspecified atom stereocenters. The predicted molar refractivity (Wildman–Crippen MR) is 332 cm³/mol. The summed E-state index contributed by atoms with van der Waals surface area (Å²) < 4.78 is 23.7. The largest absolute Gasteiger partial charge is 0.472 e. The van der Waals surface area contributed by atoms with Crippen LogP contribution in [0.4, 0.5) is 0 Å². The third-order valence-corrected chi connectivity index (χ3v) is 15.7. The fraction of sp³-hybridized carbons (Fsp3) is 0.836. The molecule has 0 saturated carbocycles.